The summed E-state index contributed by atoms with van der Waals surface area (Å²) in [5.41, 5.74) is 7.92. The lowest BCUT2D eigenvalue weighted by molar-refractivity contribution is -0.548. The summed E-state index contributed by atoms with van der Waals surface area (Å²) in [6.07, 6.45) is 5.63. The van der Waals surface area contributed by atoms with Crippen molar-refractivity contribution in [1.82, 2.24) is 4.48 Å². The highest BCUT2D eigenvalue weighted by atomic mass is 19.1. The fourth-order valence-corrected chi connectivity index (χ4v) is 3.74. The van der Waals surface area contributed by atoms with E-state index in [1.165, 1.54) is 0 Å². The lowest BCUT2D eigenvalue weighted by Crippen LogP contribution is -2.53. The van der Waals surface area contributed by atoms with E-state index in [-0.39, 0.29) is 0 Å². The van der Waals surface area contributed by atoms with Crippen LogP contribution in [0.4, 0.5) is 10.0 Å². The normalized spacial score (nSPS) is 15.6. The number of halogens is 1. The highest BCUT2D eigenvalue weighted by molar-refractivity contribution is 6.40. The number of anilines is 1. The molecule has 3 heterocycles. The molecule has 4 nitrogen and oxygen atoms in total. The van der Waals surface area contributed by atoms with Crippen molar-refractivity contribution in [3.63, 3.8) is 0 Å². The van der Waals surface area contributed by atoms with Gasteiger partial charge in [0, 0.05) is 49.0 Å². The highest BCUT2D eigenvalue weighted by Gasteiger charge is 2.38. The third-order valence-corrected chi connectivity index (χ3v) is 5.03. The number of allylic oxidation sites excluding steroid dienone is 3. The molecule has 0 aliphatic carbocycles. The van der Waals surface area contributed by atoms with Crippen LogP contribution < -0.4 is 9.38 Å². The molecule has 0 atom stereocenters. The van der Waals surface area contributed by atoms with Gasteiger partial charge in [-0.25, -0.2) is 8.79 Å². The first-order valence-electron chi connectivity index (χ1n) is 9.16. The monoisotopic (exact) mass is 365 g/mol. The third kappa shape index (κ3) is 3.48. The second-order valence-electron chi connectivity index (χ2n) is 7.45. The standard InChI is InChI=1S/C21H27BFN4/c1-14-12-16(3)24-20(14)18(5)21-15(2)13-17(4)27(21)22(23)26-10-8-19(9-11-26)25(6)7/h8-13H,1-7H3/q+1/b20-18-. The summed E-state index contributed by atoms with van der Waals surface area (Å²) in [5.74, 6) is 0. The fraction of sp³-hybridized carbons (Fsp3) is 0.333. The first-order chi connectivity index (χ1) is 12.7. The molecule has 0 bridgehead atoms. The van der Waals surface area contributed by atoms with Gasteiger partial charge in [0.25, 0.3) is 0 Å². The predicted molar refractivity (Wildman–Crippen MR) is 112 cm³/mol. The van der Waals surface area contributed by atoms with E-state index >= 15 is 4.32 Å². The number of hydrogen-bond donors (Lipinski definition) is 0. The first kappa shape index (κ1) is 19.1. The van der Waals surface area contributed by atoms with Crippen LogP contribution in [0, 0.1) is 13.8 Å². The molecule has 6 heteroatoms. The van der Waals surface area contributed by atoms with Gasteiger partial charge in [0.1, 0.15) is 12.4 Å². The minimum atomic E-state index is -1.32. The fourth-order valence-electron chi connectivity index (χ4n) is 3.74. The zero-order valence-electron chi connectivity index (χ0n) is 17.2. The Morgan fingerprint density at radius 3 is 2.30 bits per heavy atom. The van der Waals surface area contributed by atoms with Crippen LogP contribution in [0.3, 0.4) is 0 Å². The van der Waals surface area contributed by atoms with Crippen molar-refractivity contribution in [2.75, 3.05) is 19.0 Å². The van der Waals surface area contributed by atoms with E-state index in [0.717, 1.165) is 45.2 Å². The average Bonchev–Trinajstić information content (AvgIpc) is 3.11. The van der Waals surface area contributed by atoms with Crippen molar-refractivity contribution >= 4 is 24.2 Å². The van der Waals surface area contributed by atoms with Crippen molar-refractivity contribution < 1.29 is 8.79 Å². The molecular formula is C21H27BFN4+. The van der Waals surface area contributed by atoms with Gasteiger partial charge >= 0.3 is 7.26 Å². The Hall–Kier alpha value is -2.63. The van der Waals surface area contributed by atoms with Crippen LogP contribution in [-0.4, -0.2) is 31.5 Å². The zero-order chi connectivity index (χ0) is 19.9. The highest BCUT2D eigenvalue weighted by Crippen LogP contribution is 2.31. The number of hydrogen-bond acceptors (Lipinski definition) is 2. The molecule has 0 amide bonds. The molecule has 1 aliphatic rings. The smallest absolute Gasteiger partial charge is 0.377 e. The van der Waals surface area contributed by atoms with E-state index in [2.05, 4.69) is 18.0 Å². The Balaban J connectivity index is 2.10. The number of nitrogens with zero attached hydrogens (tertiary/aromatic N) is 4. The number of aryl methyl sites for hydroxylation is 2. The van der Waals surface area contributed by atoms with Gasteiger partial charge in [-0.1, -0.05) is 0 Å². The Morgan fingerprint density at radius 2 is 1.78 bits per heavy atom. The van der Waals surface area contributed by atoms with Gasteiger partial charge in [0.2, 0.25) is 0 Å². The maximum Gasteiger partial charge on any atom is 0.845 e. The van der Waals surface area contributed by atoms with E-state index in [9.17, 15) is 0 Å². The maximum absolute atomic E-state index is 15.6. The largest absolute Gasteiger partial charge is 0.845 e. The number of rotatable bonds is 4. The Kier molecular flexibility index (Phi) is 5.09. The average molecular weight is 365 g/mol. The number of aliphatic imine (C=N–C) groups is 1. The van der Waals surface area contributed by atoms with Crippen LogP contribution >= 0.6 is 0 Å². The molecule has 0 fully saturated rings. The predicted octanol–water partition coefficient (Wildman–Crippen LogP) is 3.96. The quantitative estimate of drug-likeness (QED) is 0.753. The van der Waals surface area contributed by atoms with Crippen LogP contribution in [0.15, 0.2) is 52.9 Å². The minimum absolute atomic E-state index is 0.888. The molecule has 0 saturated carbocycles. The van der Waals surface area contributed by atoms with Crippen molar-refractivity contribution in [3.05, 3.63) is 64.9 Å². The van der Waals surface area contributed by atoms with E-state index in [0.29, 0.717) is 0 Å². The van der Waals surface area contributed by atoms with Gasteiger partial charge in [-0.05, 0) is 63.5 Å². The lowest BCUT2D eigenvalue weighted by Gasteiger charge is -2.14. The molecule has 1 aliphatic heterocycles. The summed E-state index contributed by atoms with van der Waals surface area (Å²) in [7, 11) is 2.62. The third-order valence-electron chi connectivity index (χ3n) is 5.03. The number of aromatic nitrogens is 2. The molecule has 140 valence electrons. The van der Waals surface area contributed by atoms with Gasteiger partial charge in [0.15, 0.2) is 0 Å². The van der Waals surface area contributed by atoms with Crippen LogP contribution in [-0.2, 0) is 0 Å². The van der Waals surface area contributed by atoms with E-state index in [1.54, 1.807) is 21.3 Å². The van der Waals surface area contributed by atoms with Crippen LogP contribution in [0.5, 0.6) is 0 Å². The molecule has 2 aromatic rings. The summed E-state index contributed by atoms with van der Waals surface area (Å²) in [6.45, 7) is 10.0. The van der Waals surface area contributed by atoms with Gasteiger partial charge in [-0.15, -0.1) is 0 Å². The molecule has 2 aromatic heterocycles. The van der Waals surface area contributed by atoms with Gasteiger partial charge in [-0.3, -0.25) is 9.47 Å². The summed E-state index contributed by atoms with van der Waals surface area (Å²) < 4.78 is 18.9. The van der Waals surface area contributed by atoms with Gasteiger partial charge < -0.3 is 4.90 Å². The van der Waals surface area contributed by atoms with Crippen molar-refractivity contribution in [3.8, 4) is 0 Å². The molecule has 0 unspecified atom stereocenters. The van der Waals surface area contributed by atoms with Crippen molar-refractivity contribution in [2.24, 2.45) is 4.99 Å². The molecule has 0 aromatic carbocycles. The summed E-state index contributed by atoms with van der Waals surface area (Å²) in [6, 6.07) is 5.87. The first-order valence-corrected chi connectivity index (χ1v) is 9.16. The van der Waals surface area contributed by atoms with Crippen molar-refractivity contribution in [2.45, 2.75) is 34.6 Å². The minimum Gasteiger partial charge on any atom is -0.377 e. The van der Waals surface area contributed by atoms with Crippen molar-refractivity contribution in [1.29, 1.82) is 0 Å². The second kappa shape index (κ2) is 7.18. The molecule has 3 rings (SSSR count). The second-order valence-corrected chi connectivity index (χ2v) is 7.45. The zero-order valence-corrected chi connectivity index (χ0v) is 17.2. The van der Waals surface area contributed by atoms with E-state index < -0.39 is 7.26 Å². The molecule has 27 heavy (non-hydrogen) atoms. The van der Waals surface area contributed by atoms with E-state index in [1.807, 2.05) is 64.9 Å². The lowest BCUT2D eigenvalue weighted by atomic mass is 9.98. The topological polar surface area (TPSA) is 24.4 Å². The Bertz CT molecular complexity index is 965. The summed E-state index contributed by atoms with van der Waals surface area (Å²) in [4.78, 5) is 6.65. The Morgan fingerprint density at radius 1 is 1.15 bits per heavy atom. The molecule has 0 spiro atoms. The molecule has 0 saturated heterocycles. The SMILES string of the molecule is CC1=CC(C)=N/C1=C(/C)c1c(C)cc(C)n1B(F)[n+]1ccc(N(C)C)cc1. The Labute approximate surface area is 161 Å². The summed E-state index contributed by atoms with van der Waals surface area (Å²) in [5, 5.41) is 0. The van der Waals surface area contributed by atoms with Crippen LogP contribution in [0.1, 0.15) is 37.7 Å². The molecule has 0 N–H and O–H groups in total. The van der Waals surface area contributed by atoms with E-state index in [4.69, 9.17) is 0 Å². The number of pyridine rings is 1. The van der Waals surface area contributed by atoms with Crippen LogP contribution in [0.25, 0.3) is 5.57 Å². The molecule has 0 radical (unpaired) electrons. The van der Waals surface area contributed by atoms with Gasteiger partial charge in [0.05, 0.1) is 5.70 Å². The molecular weight excluding hydrogens is 338 g/mol. The summed E-state index contributed by atoms with van der Waals surface area (Å²) >= 11 is 0. The maximum atomic E-state index is 15.6. The van der Waals surface area contributed by atoms with Crippen LogP contribution in [0.2, 0.25) is 0 Å². The van der Waals surface area contributed by atoms with Gasteiger partial charge in [-0.2, -0.15) is 0 Å².